The minimum absolute atomic E-state index is 0.149. The Morgan fingerprint density at radius 2 is 1.44 bits per heavy atom. The highest BCUT2D eigenvalue weighted by atomic mass is 32.1. The lowest BCUT2D eigenvalue weighted by atomic mass is 10.2. The van der Waals surface area contributed by atoms with E-state index in [0.29, 0.717) is 48.5 Å². The largest absolute Gasteiger partial charge is 0.480 e. The molecule has 0 aliphatic carbocycles. The van der Waals surface area contributed by atoms with Gasteiger partial charge in [-0.2, -0.15) is 0 Å². The van der Waals surface area contributed by atoms with Crippen LogP contribution in [0.4, 0.5) is 0 Å². The van der Waals surface area contributed by atoms with E-state index in [4.69, 9.17) is 4.74 Å². The highest BCUT2D eigenvalue weighted by molar-refractivity contribution is 7.15. The van der Waals surface area contributed by atoms with E-state index < -0.39 is 24.0 Å². The zero-order valence-electron chi connectivity index (χ0n) is 17.4. The van der Waals surface area contributed by atoms with Crippen LogP contribution in [0.25, 0.3) is 0 Å². The number of hydrogen-bond acceptors (Lipinski definition) is 6. The topological polar surface area (TPSA) is 104 Å². The third kappa shape index (κ3) is 4.52. The van der Waals surface area contributed by atoms with E-state index in [2.05, 4.69) is 0 Å². The summed E-state index contributed by atoms with van der Waals surface area (Å²) < 4.78 is 5.43. The van der Waals surface area contributed by atoms with E-state index in [1.807, 2.05) is 30.3 Å². The number of carbonyl (C=O) groups is 4. The van der Waals surface area contributed by atoms with Crippen molar-refractivity contribution in [2.75, 3.05) is 13.1 Å². The van der Waals surface area contributed by atoms with Gasteiger partial charge in [0.25, 0.3) is 11.8 Å². The monoisotopic (exact) mass is 456 g/mol. The molecule has 2 amide bonds. The van der Waals surface area contributed by atoms with Gasteiger partial charge in [-0.15, -0.1) is 11.3 Å². The number of ether oxygens (including phenoxy) is 1. The summed E-state index contributed by atoms with van der Waals surface area (Å²) >= 11 is 1.03. The number of carboxylic acid groups (broad SMARTS) is 1. The van der Waals surface area contributed by atoms with Crippen molar-refractivity contribution in [3.8, 4) is 0 Å². The molecule has 4 rings (SSSR count). The molecule has 0 radical (unpaired) electrons. The number of nitrogens with zero attached hydrogens (tertiary/aromatic N) is 2. The van der Waals surface area contributed by atoms with Crippen LogP contribution in [0, 0.1) is 0 Å². The van der Waals surface area contributed by atoms with Crippen LogP contribution < -0.4 is 0 Å². The van der Waals surface area contributed by atoms with Gasteiger partial charge in [-0.05, 0) is 43.4 Å². The number of aliphatic carboxylic acids is 1. The van der Waals surface area contributed by atoms with Gasteiger partial charge in [-0.1, -0.05) is 30.3 Å². The Balaban J connectivity index is 1.41. The van der Waals surface area contributed by atoms with E-state index in [9.17, 15) is 24.3 Å². The average Bonchev–Trinajstić information content (AvgIpc) is 3.57. The number of esters is 1. The fourth-order valence-electron chi connectivity index (χ4n) is 4.20. The molecule has 2 aliphatic rings. The zero-order valence-corrected chi connectivity index (χ0v) is 18.3. The van der Waals surface area contributed by atoms with Crippen LogP contribution in [-0.4, -0.2) is 63.8 Å². The van der Waals surface area contributed by atoms with Crippen molar-refractivity contribution in [3.63, 3.8) is 0 Å². The van der Waals surface area contributed by atoms with Crippen LogP contribution in [0.1, 0.15) is 50.6 Å². The second-order valence-corrected chi connectivity index (χ2v) is 8.99. The molecule has 32 heavy (non-hydrogen) atoms. The minimum Gasteiger partial charge on any atom is -0.480 e. The molecule has 1 aromatic heterocycles. The van der Waals surface area contributed by atoms with Crippen molar-refractivity contribution in [2.24, 2.45) is 0 Å². The summed E-state index contributed by atoms with van der Waals surface area (Å²) in [4.78, 5) is 53.4. The molecule has 1 aromatic carbocycles. The molecular weight excluding hydrogens is 432 g/mol. The van der Waals surface area contributed by atoms with Gasteiger partial charge < -0.3 is 19.6 Å². The average molecular weight is 457 g/mol. The number of hydrogen-bond donors (Lipinski definition) is 1. The Hall–Kier alpha value is -3.20. The molecule has 0 saturated carbocycles. The van der Waals surface area contributed by atoms with Crippen molar-refractivity contribution in [1.29, 1.82) is 0 Å². The van der Waals surface area contributed by atoms with E-state index >= 15 is 0 Å². The predicted molar refractivity (Wildman–Crippen MR) is 116 cm³/mol. The smallest absolute Gasteiger partial charge is 0.329 e. The second-order valence-electron chi connectivity index (χ2n) is 7.91. The van der Waals surface area contributed by atoms with Crippen LogP contribution in [0.5, 0.6) is 0 Å². The van der Waals surface area contributed by atoms with Gasteiger partial charge in [-0.25, -0.2) is 9.59 Å². The van der Waals surface area contributed by atoms with Crippen LogP contribution in [0.2, 0.25) is 0 Å². The summed E-state index contributed by atoms with van der Waals surface area (Å²) in [6, 6.07) is 11.0. The Labute approximate surface area is 189 Å². The lowest BCUT2D eigenvalue weighted by Gasteiger charge is -2.23. The molecule has 2 saturated heterocycles. The minimum atomic E-state index is -1.02. The Morgan fingerprint density at radius 1 is 0.875 bits per heavy atom. The first kappa shape index (κ1) is 22.0. The summed E-state index contributed by atoms with van der Waals surface area (Å²) in [6.45, 7) is 0.979. The van der Waals surface area contributed by atoms with E-state index in [1.54, 1.807) is 12.1 Å². The molecule has 2 aromatic rings. The maximum Gasteiger partial charge on any atom is 0.329 e. The number of likely N-dealkylation sites (tertiary alicyclic amines) is 2. The SMILES string of the molecule is O=C(O)[C@H]1CCCN1C(=O)c1ccc(C(=O)N2CCC[C@@H]2C(=O)OCc2ccccc2)s1. The Bertz CT molecular complexity index is 1020. The molecule has 0 bridgehead atoms. The number of thiophene rings is 1. The molecule has 3 heterocycles. The molecule has 8 nitrogen and oxygen atoms in total. The maximum absolute atomic E-state index is 13.1. The maximum atomic E-state index is 13.1. The van der Waals surface area contributed by atoms with Crippen LogP contribution in [-0.2, 0) is 20.9 Å². The summed E-state index contributed by atoms with van der Waals surface area (Å²) in [6.07, 6.45) is 2.30. The first-order valence-corrected chi connectivity index (χ1v) is 11.4. The van der Waals surface area contributed by atoms with Crippen molar-refractivity contribution >= 4 is 35.1 Å². The van der Waals surface area contributed by atoms with Crippen molar-refractivity contribution in [3.05, 3.63) is 57.8 Å². The highest BCUT2D eigenvalue weighted by Crippen LogP contribution is 2.28. The summed E-state index contributed by atoms with van der Waals surface area (Å²) in [5.41, 5.74) is 0.875. The molecule has 168 valence electrons. The van der Waals surface area contributed by atoms with E-state index in [-0.39, 0.29) is 18.4 Å². The summed E-state index contributed by atoms with van der Waals surface area (Å²) in [5.74, 6) is -2.14. The zero-order chi connectivity index (χ0) is 22.7. The van der Waals surface area contributed by atoms with Gasteiger partial charge in [0.05, 0.1) is 9.75 Å². The van der Waals surface area contributed by atoms with Gasteiger partial charge >= 0.3 is 11.9 Å². The molecule has 2 fully saturated rings. The van der Waals surface area contributed by atoms with E-state index in [1.165, 1.54) is 9.80 Å². The van der Waals surface area contributed by atoms with Crippen LogP contribution in [0.3, 0.4) is 0 Å². The van der Waals surface area contributed by atoms with Crippen LogP contribution >= 0.6 is 11.3 Å². The molecule has 2 atom stereocenters. The molecular formula is C23H24N2O6S. The standard InChI is InChI=1S/C23H24N2O6S/c26-20(24-12-4-8-16(24)22(28)29)18-10-11-19(32-18)21(27)25-13-5-9-17(25)23(30)31-14-15-6-2-1-3-7-15/h1-3,6-7,10-11,16-17H,4-5,8-9,12-14H2,(H,28,29)/t16-,17-/m1/s1. The molecule has 1 N–H and O–H groups in total. The number of rotatable bonds is 6. The second kappa shape index (κ2) is 9.52. The fraction of sp³-hybridized carbons (Fsp3) is 0.391. The van der Waals surface area contributed by atoms with Crippen molar-refractivity contribution in [2.45, 2.75) is 44.4 Å². The number of benzene rings is 1. The van der Waals surface area contributed by atoms with Crippen molar-refractivity contribution in [1.82, 2.24) is 9.80 Å². The third-order valence-electron chi connectivity index (χ3n) is 5.84. The van der Waals surface area contributed by atoms with Gasteiger partial charge in [-0.3, -0.25) is 9.59 Å². The molecule has 0 unspecified atom stereocenters. The number of carbonyl (C=O) groups excluding carboxylic acids is 3. The van der Waals surface area contributed by atoms with Crippen molar-refractivity contribution < 1.29 is 29.0 Å². The third-order valence-corrected chi connectivity index (χ3v) is 6.90. The van der Waals surface area contributed by atoms with Gasteiger partial charge in [0.1, 0.15) is 18.7 Å². The van der Waals surface area contributed by atoms with E-state index in [0.717, 1.165) is 16.9 Å². The van der Waals surface area contributed by atoms with Crippen LogP contribution in [0.15, 0.2) is 42.5 Å². The Morgan fingerprint density at radius 3 is 2.03 bits per heavy atom. The van der Waals surface area contributed by atoms with Gasteiger partial charge in [0, 0.05) is 13.1 Å². The van der Waals surface area contributed by atoms with Gasteiger partial charge in [0.15, 0.2) is 0 Å². The lowest BCUT2D eigenvalue weighted by Crippen LogP contribution is -2.41. The first-order chi connectivity index (χ1) is 15.5. The first-order valence-electron chi connectivity index (χ1n) is 10.6. The predicted octanol–water partition coefficient (Wildman–Crippen LogP) is 2.79. The molecule has 0 spiro atoms. The quantitative estimate of drug-likeness (QED) is 0.671. The fourth-order valence-corrected chi connectivity index (χ4v) is 5.12. The van der Waals surface area contributed by atoms with Gasteiger partial charge in [0.2, 0.25) is 0 Å². The molecule has 9 heteroatoms. The molecule has 2 aliphatic heterocycles. The Kier molecular flexibility index (Phi) is 6.55. The highest BCUT2D eigenvalue weighted by Gasteiger charge is 2.38. The summed E-state index contributed by atoms with van der Waals surface area (Å²) in [7, 11) is 0. The normalized spacial score (nSPS) is 20.4. The summed E-state index contributed by atoms with van der Waals surface area (Å²) in [5, 5.41) is 9.32. The number of amides is 2. The lowest BCUT2D eigenvalue weighted by molar-refractivity contribution is -0.149. The number of carboxylic acids is 1.